The number of hydrogen-bond donors (Lipinski definition) is 6. The number of hydrogen-bond acceptors (Lipinski definition) is 28. The van der Waals surface area contributed by atoms with Gasteiger partial charge in [0.05, 0.1) is 113 Å². The van der Waals surface area contributed by atoms with E-state index in [1.54, 1.807) is 65.6 Å². The molecule has 0 fully saturated rings. The molecule has 11 rings (SSSR count). The fourth-order valence-corrected chi connectivity index (χ4v) is 14.3. The summed E-state index contributed by atoms with van der Waals surface area (Å²) in [6.45, 7) is 7.97. The van der Waals surface area contributed by atoms with Crippen molar-refractivity contribution in [2.24, 2.45) is 0 Å². The van der Waals surface area contributed by atoms with Crippen LogP contribution in [0.2, 0.25) is 0 Å². The summed E-state index contributed by atoms with van der Waals surface area (Å²) in [5.74, 6) is 0.190. The molecule has 10 N–H and O–H groups in total. The van der Waals surface area contributed by atoms with Crippen LogP contribution in [-0.4, -0.2) is 150 Å². The number of nitrogens with two attached hydrogens (primary N) is 4. The summed E-state index contributed by atoms with van der Waals surface area (Å²) in [5, 5.41) is 56.3. The number of aromatic nitrogens is 2. The number of rotatable bonds is 19. The van der Waals surface area contributed by atoms with Gasteiger partial charge in [0.2, 0.25) is 55.1 Å². The number of nitro groups is 4. The molecule has 0 amide bonds. The van der Waals surface area contributed by atoms with Gasteiger partial charge in [0.25, 0.3) is 22.7 Å². The van der Waals surface area contributed by atoms with Gasteiger partial charge in [-0.2, -0.15) is 5.26 Å². The normalized spacial score (nSPS) is 10.5. The largest absolute Gasteiger partial charge is 1.00 e. The third-order valence-electron chi connectivity index (χ3n) is 16.1. The smallest absolute Gasteiger partial charge is 1.00 e. The summed E-state index contributed by atoms with van der Waals surface area (Å²) in [6.07, 6.45) is 6.42. The molecule has 696 valence electrons. The zero-order chi connectivity index (χ0) is 97.4. The third-order valence-corrected chi connectivity index (χ3v) is 24.6. The summed E-state index contributed by atoms with van der Waals surface area (Å²) in [5.41, 5.74) is 36.0. The maximum Gasteiger partial charge on any atom is 1.00 e. The van der Waals surface area contributed by atoms with Crippen LogP contribution in [0.3, 0.4) is 0 Å². The van der Waals surface area contributed by atoms with E-state index < -0.39 is 78.7 Å². The van der Waals surface area contributed by atoms with Crippen molar-refractivity contribution in [1.82, 2.24) is 9.55 Å². The van der Waals surface area contributed by atoms with Crippen LogP contribution in [0, 0.1) is 89.1 Å². The number of benzene rings is 10. The van der Waals surface area contributed by atoms with Crippen LogP contribution in [0.25, 0.3) is 16.7 Å². The number of nitrogen functional groups attached to an aromatic ring is 4. The molecule has 11 aromatic rings. The average Bonchev–Trinajstić information content (AvgIpc) is 1.62. The van der Waals surface area contributed by atoms with Crippen molar-refractivity contribution in [3.63, 3.8) is 0 Å². The Labute approximate surface area is 842 Å². The molecule has 1 aromatic heterocycles. The molecule has 0 saturated heterocycles. The first-order valence-electron chi connectivity index (χ1n) is 35.4. The first-order chi connectivity index (χ1) is 58.6. The maximum absolute atomic E-state index is 11.7. The maximum atomic E-state index is 11.7. The van der Waals surface area contributed by atoms with Crippen LogP contribution in [0.1, 0.15) is 36.7 Å². The van der Waals surface area contributed by atoms with E-state index in [1.165, 1.54) is 90.9 Å². The minimum atomic E-state index is -3.49. The van der Waals surface area contributed by atoms with Crippen LogP contribution in [0.5, 0.6) is 0 Å². The molecule has 0 aliphatic carbocycles. The fraction of sp³-hybridized carbons (Fsp3) is 0.215. The number of nitrogens with one attached hydrogen (secondary N) is 2. The van der Waals surface area contributed by atoms with Gasteiger partial charge >= 0.3 is 29.6 Å². The number of nitro benzene ring substituents is 4. The van der Waals surface area contributed by atoms with Crippen molar-refractivity contribution in [2.45, 2.75) is 40.9 Å². The predicted molar refractivity (Wildman–Crippen MR) is 555 cm³/mol. The first kappa shape index (κ1) is 120. The Hall–Kier alpha value is -8.85. The van der Waals surface area contributed by atoms with Crippen molar-refractivity contribution in [2.75, 3.05) is 121 Å². The fourth-order valence-electron chi connectivity index (χ4n) is 9.94. The van der Waals surface area contributed by atoms with E-state index in [0.29, 0.717) is 56.2 Å². The van der Waals surface area contributed by atoms with Gasteiger partial charge in [-0.1, -0.05) is 84.6 Å². The van der Waals surface area contributed by atoms with Crippen LogP contribution >= 0.6 is 117 Å². The van der Waals surface area contributed by atoms with Crippen molar-refractivity contribution < 1.29 is 101 Å². The minimum Gasteiger partial charge on any atom is -1.00 e. The Bertz CT molecular complexity index is 6510. The molecule has 10 aromatic carbocycles. The number of sulfonamides is 4. The molecule has 0 radical (unpaired) electrons. The zero-order valence-electron chi connectivity index (χ0n) is 72.4. The van der Waals surface area contributed by atoms with Crippen molar-refractivity contribution >= 4 is 278 Å². The van der Waals surface area contributed by atoms with E-state index in [9.17, 15) is 91.0 Å². The third kappa shape index (κ3) is 43.4. The van der Waals surface area contributed by atoms with Gasteiger partial charge in [-0.05, 0) is 256 Å². The van der Waals surface area contributed by atoms with Crippen LogP contribution in [-0.2, 0) is 64.7 Å². The Kier molecular flexibility index (Phi) is 51.1. The van der Waals surface area contributed by atoms with Gasteiger partial charge in [0.1, 0.15) is 10.7 Å². The Balaban J connectivity index is 0. The Morgan fingerprint density at radius 2 is 0.783 bits per heavy atom. The van der Waals surface area contributed by atoms with Gasteiger partial charge in [-0.3, -0.25) is 62.2 Å². The summed E-state index contributed by atoms with van der Waals surface area (Å²) < 4.78 is 141. The number of halogens is 6. The summed E-state index contributed by atoms with van der Waals surface area (Å²) in [4.78, 5) is 48.7. The molecule has 0 atom stereocenters. The van der Waals surface area contributed by atoms with Gasteiger partial charge in [-0.25, -0.2) is 55.5 Å². The Morgan fingerprint density at radius 3 is 1.16 bits per heavy atom. The molecule has 0 aliphatic heterocycles. The van der Waals surface area contributed by atoms with E-state index in [0.717, 1.165) is 96.8 Å². The topological polar surface area (TPSA) is 560 Å². The summed E-state index contributed by atoms with van der Waals surface area (Å²) >= 11 is 10.2. The minimum absolute atomic E-state index is 0. The number of fused-ring (bicyclic) bond motifs is 1. The molecule has 50 heteroatoms. The SMILES string of the molecule is C.CI.CN(c1ccc(I)c([N+](=O)[O-])c1)S(C)(=O)=O.CS(=O)(=O)Cc1ccc(I)c([N+](=O)[O-])c1.CS(=O)(=O)Cl.Cc1cccc(-n2c(N)nc3cc(N(C)S(C)(=O)=O)ccc32)c1.Cc1cccc(N)c1.Cc1cccc(Nc2ccc(N(C)S(C)(=O)=O)cc2N)c1.Cc1cccc(Nc2ccc(N(C)S(C)(=O)=O)cc2[N+](=O)[O-])c1.N#CBr.Nc1ccc(I)c([N+](=O)[O-])c1.[H-].[Na+]. The van der Waals surface area contributed by atoms with E-state index in [4.69, 9.17) is 28.2 Å². The quantitative estimate of drug-likeness (QED) is 0.00833. The van der Waals surface area contributed by atoms with Gasteiger partial charge in [0.15, 0.2) is 9.84 Å². The summed E-state index contributed by atoms with van der Waals surface area (Å²) in [6, 6.07) is 59.1. The number of aryl methyl sites for hydroxylation is 4. The van der Waals surface area contributed by atoms with Crippen LogP contribution in [0.15, 0.2) is 206 Å². The molecular weight excluding hydrogens is 2350 g/mol. The molecule has 0 spiro atoms. The average molecular weight is 2440 g/mol. The molecule has 0 bridgehead atoms. The van der Waals surface area contributed by atoms with Crippen LogP contribution in [0.4, 0.5) is 91.3 Å². The Morgan fingerprint density at radius 1 is 0.457 bits per heavy atom. The van der Waals surface area contributed by atoms with E-state index in [1.807, 2.05) is 202 Å². The number of anilines is 12. The second kappa shape index (κ2) is 54.8. The number of nitrogens with zero attached hydrogens (tertiary/aromatic N) is 11. The zero-order valence-corrected chi connectivity index (χ0v) is 89.3. The summed E-state index contributed by atoms with van der Waals surface area (Å²) in [7, 11) is -9.64. The monoisotopic (exact) mass is 2440 g/mol. The number of alkyl halides is 1. The molecular formula is C79H96BrClI4N17NaO20S6. The van der Waals surface area contributed by atoms with Crippen LogP contribution < -0.4 is 80.3 Å². The molecule has 0 saturated carbocycles. The second-order valence-electron chi connectivity index (χ2n) is 26.6. The van der Waals surface area contributed by atoms with Crippen molar-refractivity contribution in [3.8, 4) is 10.7 Å². The standard InChI is InChI=1S/C16H18N4O2S.C15H17N3O4S.C15H19N3O2S.C8H9IN2O4S.C8H8INO4S.C7H9N.C6H5IN2O2.CBrN.CH3ClO2S.CH3I.CH4.Na.H/c1-11-5-4-6-13(9-11)20-15-8-7-12(19(2)23(3,21)22)10-14(15)18-16(20)17;1-11-5-4-6-12(9-11)16-14-8-7-13(10-15(14)18(19)20)17(2)23(3,21)22;1-11-5-4-6-12(9-11)17-15-8-7-13(10-14(15)16)18(2)21(3,19)20;1-10(16(2,14)15)6-3-4-7(9)8(5-6)11(12)13;1-15(13,14)5-6-2-3-7(9)8(4-6)10(11)12;1-6-3-2-4-7(8)5-6;7-5-2-1-4(8)3-6(5)9(10)11;2-1-3;1-5(2,3)4;1-2;;;/h4-10H,1-3H3,(H2,17,18);4-10,16H,1-3H3;4-10,17H,16H2,1-3H3;3-5H,1-2H3;2-4H,5H2,1H3;2-5H,8H2,1H3;1-3H,8H2;;1H3;1H3;1H4;;/q;;;;;;;;;;;+1;-1. The number of sulfone groups is 1. The molecule has 0 unspecified atom stereocenters. The van der Waals surface area contributed by atoms with Gasteiger partial charge < -0.3 is 35.0 Å². The van der Waals surface area contributed by atoms with Gasteiger partial charge in [-0.15, -0.1) is 0 Å². The number of imidazole rings is 1. The first-order valence-corrected chi connectivity index (χ1v) is 53.7. The molecule has 129 heavy (non-hydrogen) atoms. The molecule has 1 heterocycles. The number of nitriles is 1. The van der Waals surface area contributed by atoms with Crippen molar-refractivity contribution in [3.05, 3.63) is 285 Å². The second-order valence-corrected chi connectivity index (χ2v) is 43.7. The molecule has 37 nitrogen and oxygen atoms in total. The van der Waals surface area contributed by atoms with E-state index in [-0.39, 0.29) is 78.3 Å². The predicted octanol–water partition coefficient (Wildman–Crippen LogP) is 14.6. The van der Waals surface area contributed by atoms with Crippen molar-refractivity contribution in [1.29, 1.82) is 5.26 Å². The molecule has 0 aliphatic rings. The van der Waals surface area contributed by atoms with E-state index in [2.05, 4.69) is 64.8 Å². The van der Waals surface area contributed by atoms with Gasteiger partial charge in [0, 0.05) is 114 Å². The van der Waals surface area contributed by atoms with E-state index >= 15 is 0 Å².